The summed E-state index contributed by atoms with van der Waals surface area (Å²) >= 11 is 5.92. The molecule has 1 atom stereocenters. The molecule has 1 N–H and O–H groups in total. The molecule has 4 rings (SSSR count). The molecule has 0 radical (unpaired) electrons. The van der Waals surface area contributed by atoms with Crippen LogP contribution in [0.25, 0.3) is 0 Å². The highest BCUT2D eigenvalue weighted by molar-refractivity contribution is 6.30. The van der Waals surface area contributed by atoms with E-state index in [9.17, 15) is 14.4 Å². The third-order valence-electron chi connectivity index (χ3n) is 5.90. The van der Waals surface area contributed by atoms with Crippen molar-refractivity contribution in [3.63, 3.8) is 0 Å². The molecule has 0 spiro atoms. The number of rotatable bonds is 3. The van der Waals surface area contributed by atoms with E-state index < -0.39 is 0 Å². The van der Waals surface area contributed by atoms with Crippen LogP contribution < -0.4 is 10.5 Å². The monoisotopic (exact) mass is 443 g/mol. The molecule has 8 nitrogen and oxygen atoms in total. The molecule has 2 aliphatic heterocycles. The molecule has 2 aromatic rings. The number of benzene rings is 1. The summed E-state index contributed by atoms with van der Waals surface area (Å²) in [6.07, 6.45) is 1.60. The number of halogens is 1. The highest BCUT2D eigenvalue weighted by atomic mass is 35.5. The minimum atomic E-state index is -0.187. The van der Waals surface area contributed by atoms with Crippen molar-refractivity contribution in [2.24, 2.45) is 5.92 Å². The molecule has 1 aromatic carbocycles. The van der Waals surface area contributed by atoms with Crippen molar-refractivity contribution in [3.05, 3.63) is 57.0 Å². The van der Waals surface area contributed by atoms with Gasteiger partial charge in [0, 0.05) is 61.6 Å². The van der Waals surface area contributed by atoms with Crippen molar-refractivity contribution >= 4 is 29.4 Å². The van der Waals surface area contributed by atoms with Crippen LogP contribution in [0, 0.1) is 12.8 Å². The molecule has 0 aliphatic carbocycles. The number of nitrogens with one attached hydrogen (secondary N) is 1. The Labute approximate surface area is 185 Å². The topological polar surface area (TPSA) is 89.6 Å². The lowest BCUT2D eigenvalue weighted by atomic mass is 9.95. The lowest BCUT2D eigenvalue weighted by molar-refractivity contribution is -0.137. The molecule has 1 aromatic heterocycles. The molecule has 31 heavy (non-hydrogen) atoms. The van der Waals surface area contributed by atoms with Gasteiger partial charge in [-0.2, -0.15) is 0 Å². The van der Waals surface area contributed by atoms with Crippen LogP contribution in [0.5, 0.6) is 0 Å². The Bertz CT molecular complexity index is 1010. The van der Waals surface area contributed by atoms with Crippen molar-refractivity contribution in [2.45, 2.75) is 19.8 Å². The number of aromatic nitrogens is 2. The number of piperazine rings is 1. The molecule has 9 heteroatoms. The number of carbonyl (C=O) groups is 2. The smallest absolute Gasteiger partial charge is 0.253 e. The van der Waals surface area contributed by atoms with Gasteiger partial charge >= 0.3 is 0 Å². The van der Waals surface area contributed by atoms with Crippen LogP contribution >= 0.6 is 11.6 Å². The molecule has 164 valence electrons. The predicted octanol–water partition coefficient (Wildman–Crippen LogP) is 1.93. The SMILES string of the molecule is Cc1cc(=O)[nH]c(N2CCN(C(=O)C3CCCN(C(=O)c4ccc(Cl)cc4)C3)CC2)n1. The third kappa shape index (κ3) is 4.90. The van der Waals surface area contributed by atoms with Gasteiger partial charge in [0.15, 0.2) is 0 Å². The van der Waals surface area contributed by atoms with Gasteiger partial charge in [0.1, 0.15) is 0 Å². The summed E-state index contributed by atoms with van der Waals surface area (Å²) in [5.74, 6) is 0.398. The van der Waals surface area contributed by atoms with Gasteiger partial charge in [-0.15, -0.1) is 0 Å². The molecule has 0 saturated carbocycles. The van der Waals surface area contributed by atoms with Crippen molar-refractivity contribution in [3.8, 4) is 0 Å². The van der Waals surface area contributed by atoms with Gasteiger partial charge in [0.2, 0.25) is 11.9 Å². The largest absolute Gasteiger partial charge is 0.339 e. The summed E-state index contributed by atoms with van der Waals surface area (Å²) < 4.78 is 0. The Kier molecular flexibility index (Phi) is 6.27. The lowest BCUT2D eigenvalue weighted by Gasteiger charge is -2.39. The predicted molar refractivity (Wildman–Crippen MR) is 118 cm³/mol. The molecule has 1 unspecified atom stereocenters. The van der Waals surface area contributed by atoms with E-state index in [1.165, 1.54) is 6.07 Å². The number of anilines is 1. The van der Waals surface area contributed by atoms with E-state index in [-0.39, 0.29) is 23.3 Å². The van der Waals surface area contributed by atoms with Crippen LogP contribution in [0.3, 0.4) is 0 Å². The number of likely N-dealkylation sites (tertiary alicyclic amines) is 1. The van der Waals surface area contributed by atoms with Gasteiger partial charge in [-0.25, -0.2) is 4.98 Å². The van der Waals surface area contributed by atoms with E-state index in [2.05, 4.69) is 9.97 Å². The Morgan fingerprint density at radius 2 is 1.77 bits per heavy atom. The Morgan fingerprint density at radius 1 is 1.06 bits per heavy atom. The van der Waals surface area contributed by atoms with Crippen LogP contribution in [0.1, 0.15) is 28.9 Å². The van der Waals surface area contributed by atoms with Gasteiger partial charge in [-0.1, -0.05) is 11.6 Å². The quantitative estimate of drug-likeness (QED) is 0.782. The van der Waals surface area contributed by atoms with E-state index in [1.54, 1.807) is 36.1 Å². The first-order chi connectivity index (χ1) is 14.9. The van der Waals surface area contributed by atoms with E-state index in [0.717, 1.165) is 12.8 Å². The van der Waals surface area contributed by atoms with E-state index in [0.29, 0.717) is 61.5 Å². The standard InChI is InChI=1S/C22H26ClN5O3/c1-15-13-19(29)25-22(24-15)27-11-9-26(10-12-27)21(31)17-3-2-8-28(14-17)20(30)16-4-6-18(23)7-5-16/h4-7,13,17H,2-3,8-12,14H2,1H3,(H,24,25,29). The molecular weight excluding hydrogens is 418 g/mol. The zero-order chi connectivity index (χ0) is 22.0. The average molecular weight is 444 g/mol. The number of aryl methyl sites for hydroxylation is 1. The number of aromatic amines is 1. The number of H-pyrrole nitrogens is 1. The first kappa shape index (κ1) is 21.4. The Hall–Kier alpha value is -2.87. The first-order valence-corrected chi connectivity index (χ1v) is 10.9. The Morgan fingerprint density at radius 3 is 2.45 bits per heavy atom. The maximum Gasteiger partial charge on any atom is 0.253 e. The third-order valence-corrected chi connectivity index (χ3v) is 6.15. The van der Waals surface area contributed by atoms with Crippen LogP contribution in [0.15, 0.2) is 35.1 Å². The maximum absolute atomic E-state index is 13.1. The second-order valence-electron chi connectivity index (χ2n) is 8.12. The van der Waals surface area contributed by atoms with Gasteiger partial charge in [-0.05, 0) is 44.0 Å². The minimum Gasteiger partial charge on any atom is -0.339 e. The highest BCUT2D eigenvalue weighted by Crippen LogP contribution is 2.22. The normalized spacial score (nSPS) is 19.4. The van der Waals surface area contributed by atoms with Crippen molar-refractivity contribution in [2.75, 3.05) is 44.2 Å². The molecule has 2 saturated heterocycles. The lowest BCUT2D eigenvalue weighted by Crippen LogP contribution is -2.53. The van der Waals surface area contributed by atoms with Crippen molar-refractivity contribution in [1.82, 2.24) is 19.8 Å². The summed E-state index contributed by atoms with van der Waals surface area (Å²) in [5, 5.41) is 0.590. The zero-order valence-electron chi connectivity index (χ0n) is 17.5. The molecule has 2 fully saturated rings. The minimum absolute atomic E-state index is 0.0616. The van der Waals surface area contributed by atoms with E-state index in [4.69, 9.17) is 11.6 Å². The van der Waals surface area contributed by atoms with Crippen LogP contribution in [-0.4, -0.2) is 70.9 Å². The maximum atomic E-state index is 13.1. The second kappa shape index (κ2) is 9.09. The fourth-order valence-corrected chi connectivity index (χ4v) is 4.37. The van der Waals surface area contributed by atoms with E-state index >= 15 is 0 Å². The van der Waals surface area contributed by atoms with Crippen molar-refractivity contribution in [1.29, 1.82) is 0 Å². The number of nitrogens with zero attached hydrogens (tertiary/aromatic N) is 4. The van der Waals surface area contributed by atoms with Crippen LogP contribution in [0.2, 0.25) is 5.02 Å². The molecule has 3 heterocycles. The second-order valence-corrected chi connectivity index (χ2v) is 8.56. The van der Waals surface area contributed by atoms with Crippen LogP contribution in [0.4, 0.5) is 5.95 Å². The number of amides is 2. The van der Waals surface area contributed by atoms with Crippen LogP contribution in [-0.2, 0) is 4.79 Å². The number of carbonyl (C=O) groups excluding carboxylic acids is 2. The fraction of sp³-hybridized carbons (Fsp3) is 0.455. The first-order valence-electron chi connectivity index (χ1n) is 10.6. The van der Waals surface area contributed by atoms with Gasteiger partial charge in [0.25, 0.3) is 11.5 Å². The molecule has 0 bridgehead atoms. The summed E-state index contributed by atoms with van der Waals surface area (Å²) in [7, 11) is 0. The number of piperidine rings is 1. The van der Waals surface area contributed by atoms with Crippen molar-refractivity contribution < 1.29 is 9.59 Å². The fourth-order valence-electron chi connectivity index (χ4n) is 4.25. The summed E-state index contributed by atoms with van der Waals surface area (Å²) in [5.41, 5.74) is 1.09. The summed E-state index contributed by atoms with van der Waals surface area (Å²) in [4.78, 5) is 50.5. The molecule has 2 amide bonds. The average Bonchev–Trinajstić information content (AvgIpc) is 2.78. The number of hydrogen-bond donors (Lipinski definition) is 1. The summed E-state index contributed by atoms with van der Waals surface area (Å²) in [6, 6.07) is 8.32. The van der Waals surface area contributed by atoms with Gasteiger partial charge in [0.05, 0.1) is 5.92 Å². The highest BCUT2D eigenvalue weighted by Gasteiger charge is 2.33. The number of hydrogen-bond acceptors (Lipinski definition) is 5. The molecule has 2 aliphatic rings. The van der Waals surface area contributed by atoms with Gasteiger partial charge in [-0.3, -0.25) is 19.4 Å². The van der Waals surface area contributed by atoms with E-state index in [1.807, 2.05) is 9.80 Å². The zero-order valence-corrected chi connectivity index (χ0v) is 18.3. The Balaban J connectivity index is 1.35. The molecular formula is C22H26ClN5O3. The van der Waals surface area contributed by atoms with Gasteiger partial charge < -0.3 is 14.7 Å². The summed E-state index contributed by atoms with van der Waals surface area (Å²) in [6.45, 7) is 5.24.